The van der Waals surface area contributed by atoms with E-state index in [0.29, 0.717) is 19.1 Å². The van der Waals surface area contributed by atoms with E-state index in [1.807, 2.05) is 0 Å². The van der Waals surface area contributed by atoms with Crippen LogP contribution in [0.2, 0.25) is 0 Å². The molecule has 1 unspecified atom stereocenters. The molecule has 2 aliphatic heterocycles. The number of fused-ring (bicyclic) bond motifs is 3. The summed E-state index contributed by atoms with van der Waals surface area (Å²) in [4.78, 5) is 18.5. The largest absolute Gasteiger partial charge is 0.367 e. The number of anilines is 1. The zero-order chi connectivity index (χ0) is 17.2. The maximum absolute atomic E-state index is 12.4. The van der Waals surface area contributed by atoms with E-state index in [1.54, 1.807) is 11.3 Å². The highest BCUT2D eigenvalue weighted by Gasteiger charge is 2.32. The summed E-state index contributed by atoms with van der Waals surface area (Å²) in [7, 11) is 0. The van der Waals surface area contributed by atoms with Gasteiger partial charge in [-0.2, -0.15) is 0 Å². The van der Waals surface area contributed by atoms with E-state index in [9.17, 15) is 4.79 Å². The van der Waals surface area contributed by atoms with Crippen molar-refractivity contribution in [3.05, 3.63) is 51.7 Å². The predicted octanol–water partition coefficient (Wildman–Crippen LogP) is 2.81. The third-order valence-corrected chi connectivity index (χ3v) is 6.34. The van der Waals surface area contributed by atoms with E-state index < -0.39 is 0 Å². The Morgan fingerprint density at radius 3 is 3.00 bits per heavy atom. The SMILES string of the molecule is Cc1ccsc1CNC(=O)CN1CCCN2c3ccccc3CC2C1. The Bertz CT molecular complexity index is 757. The topological polar surface area (TPSA) is 35.6 Å². The zero-order valence-electron chi connectivity index (χ0n) is 14.7. The number of carbonyl (C=O) groups is 1. The molecule has 4 rings (SSSR count). The molecule has 0 bridgehead atoms. The second kappa shape index (κ2) is 7.18. The smallest absolute Gasteiger partial charge is 0.234 e. The summed E-state index contributed by atoms with van der Waals surface area (Å²) in [5.41, 5.74) is 4.11. The van der Waals surface area contributed by atoms with Crippen molar-refractivity contribution in [2.75, 3.05) is 31.1 Å². The molecule has 5 heteroatoms. The Hall–Kier alpha value is -1.85. The summed E-state index contributed by atoms with van der Waals surface area (Å²) >= 11 is 1.71. The van der Waals surface area contributed by atoms with Crippen molar-refractivity contribution in [3.63, 3.8) is 0 Å². The first-order chi connectivity index (χ1) is 12.2. The summed E-state index contributed by atoms with van der Waals surface area (Å²) in [6, 6.07) is 11.3. The van der Waals surface area contributed by atoms with Gasteiger partial charge in [-0.15, -0.1) is 11.3 Å². The van der Waals surface area contributed by atoms with Crippen molar-refractivity contribution in [2.24, 2.45) is 0 Å². The van der Waals surface area contributed by atoms with Crippen LogP contribution in [0.1, 0.15) is 22.4 Å². The van der Waals surface area contributed by atoms with Gasteiger partial charge in [0.15, 0.2) is 0 Å². The van der Waals surface area contributed by atoms with Crippen molar-refractivity contribution in [1.82, 2.24) is 10.2 Å². The third-order valence-electron chi connectivity index (χ3n) is 5.32. The molecule has 25 heavy (non-hydrogen) atoms. The van der Waals surface area contributed by atoms with Gasteiger partial charge in [0.1, 0.15) is 0 Å². The molecule has 2 aliphatic rings. The minimum atomic E-state index is 0.136. The minimum absolute atomic E-state index is 0.136. The lowest BCUT2D eigenvalue weighted by molar-refractivity contribution is -0.122. The molecule has 2 aromatic rings. The maximum atomic E-state index is 12.4. The lowest BCUT2D eigenvalue weighted by Crippen LogP contribution is -2.43. The lowest BCUT2D eigenvalue weighted by atomic mass is 10.1. The molecule has 3 heterocycles. The molecule has 4 nitrogen and oxygen atoms in total. The van der Waals surface area contributed by atoms with E-state index in [-0.39, 0.29) is 5.91 Å². The number of thiophene rings is 1. The summed E-state index contributed by atoms with van der Waals surface area (Å²) in [5, 5.41) is 5.17. The van der Waals surface area contributed by atoms with Crippen LogP contribution in [0.5, 0.6) is 0 Å². The quantitative estimate of drug-likeness (QED) is 0.916. The molecule has 1 amide bonds. The summed E-state index contributed by atoms with van der Waals surface area (Å²) in [5.74, 6) is 0.136. The van der Waals surface area contributed by atoms with Crippen LogP contribution in [-0.2, 0) is 17.8 Å². The van der Waals surface area contributed by atoms with Gasteiger partial charge in [-0.05, 0) is 48.4 Å². The average molecular weight is 356 g/mol. The molecule has 0 aliphatic carbocycles. The Morgan fingerprint density at radius 2 is 2.16 bits per heavy atom. The monoisotopic (exact) mass is 355 g/mol. The zero-order valence-corrected chi connectivity index (χ0v) is 15.5. The number of carbonyl (C=O) groups excluding carboxylic acids is 1. The maximum Gasteiger partial charge on any atom is 0.234 e. The number of hydrogen-bond donors (Lipinski definition) is 1. The fraction of sp³-hybridized carbons (Fsp3) is 0.450. The Balaban J connectivity index is 1.33. The summed E-state index contributed by atoms with van der Waals surface area (Å²) < 4.78 is 0. The van der Waals surface area contributed by atoms with Crippen LogP contribution in [0.3, 0.4) is 0 Å². The Labute approximate surface area is 153 Å². The molecule has 132 valence electrons. The van der Waals surface area contributed by atoms with Gasteiger partial charge in [-0.25, -0.2) is 0 Å². The normalized spacial score (nSPS) is 20.0. The average Bonchev–Trinajstić information content (AvgIpc) is 3.10. The fourth-order valence-electron chi connectivity index (χ4n) is 4.01. The highest BCUT2D eigenvalue weighted by atomic mass is 32.1. The number of hydrogen-bond acceptors (Lipinski definition) is 4. The molecule has 1 fully saturated rings. The van der Waals surface area contributed by atoms with Gasteiger partial charge >= 0.3 is 0 Å². The predicted molar refractivity (Wildman–Crippen MR) is 103 cm³/mol. The molecule has 1 aromatic carbocycles. The van der Waals surface area contributed by atoms with Crippen LogP contribution in [0.25, 0.3) is 0 Å². The summed E-state index contributed by atoms with van der Waals surface area (Å²) in [6.07, 6.45) is 2.21. The lowest BCUT2D eigenvalue weighted by Gasteiger charge is -2.27. The molecule has 1 saturated heterocycles. The van der Waals surface area contributed by atoms with E-state index >= 15 is 0 Å². The van der Waals surface area contributed by atoms with Gasteiger partial charge in [0.25, 0.3) is 0 Å². The first kappa shape index (κ1) is 16.6. The van der Waals surface area contributed by atoms with Crippen LogP contribution in [0.15, 0.2) is 35.7 Å². The molecule has 0 spiro atoms. The first-order valence-corrected chi connectivity index (χ1v) is 9.95. The van der Waals surface area contributed by atoms with E-state index in [2.05, 4.69) is 57.8 Å². The Kier molecular flexibility index (Phi) is 4.77. The molecular formula is C20H25N3OS. The molecular weight excluding hydrogens is 330 g/mol. The van der Waals surface area contributed by atoms with Crippen molar-refractivity contribution in [3.8, 4) is 0 Å². The van der Waals surface area contributed by atoms with Crippen LogP contribution < -0.4 is 10.2 Å². The molecule has 1 aromatic heterocycles. The van der Waals surface area contributed by atoms with Crippen molar-refractivity contribution >= 4 is 22.9 Å². The van der Waals surface area contributed by atoms with E-state index in [0.717, 1.165) is 32.5 Å². The van der Waals surface area contributed by atoms with Gasteiger partial charge < -0.3 is 10.2 Å². The number of para-hydroxylation sites is 1. The standard InChI is InChI=1S/C20H25N3OS/c1-15-7-10-25-19(15)12-21-20(24)14-22-8-4-9-23-17(13-22)11-16-5-2-3-6-18(16)23/h2-3,5-7,10,17H,4,8-9,11-14H2,1H3,(H,21,24). The fourth-order valence-corrected chi connectivity index (χ4v) is 4.86. The number of nitrogens with one attached hydrogen (secondary N) is 1. The minimum Gasteiger partial charge on any atom is -0.367 e. The van der Waals surface area contributed by atoms with Crippen LogP contribution in [-0.4, -0.2) is 43.0 Å². The van der Waals surface area contributed by atoms with Crippen molar-refractivity contribution in [1.29, 1.82) is 0 Å². The van der Waals surface area contributed by atoms with E-state index in [4.69, 9.17) is 0 Å². The molecule has 0 saturated carbocycles. The van der Waals surface area contributed by atoms with Gasteiger partial charge in [-0.1, -0.05) is 18.2 Å². The van der Waals surface area contributed by atoms with E-state index in [1.165, 1.54) is 21.7 Å². The van der Waals surface area contributed by atoms with Gasteiger partial charge in [0.05, 0.1) is 13.1 Å². The van der Waals surface area contributed by atoms with Gasteiger partial charge in [-0.3, -0.25) is 9.69 Å². The van der Waals surface area contributed by atoms with Crippen LogP contribution in [0.4, 0.5) is 5.69 Å². The molecule has 1 N–H and O–H groups in total. The highest BCUT2D eigenvalue weighted by molar-refractivity contribution is 7.10. The van der Waals surface area contributed by atoms with Crippen molar-refractivity contribution < 1.29 is 4.79 Å². The number of benzene rings is 1. The number of rotatable bonds is 4. The number of nitrogens with zero attached hydrogens (tertiary/aromatic N) is 2. The van der Waals surface area contributed by atoms with Crippen LogP contribution in [0, 0.1) is 6.92 Å². The third kappa shape index (κ3) is 3.58. The highest BCUT2D eigenvalue weighted by Crippen LogP contribution is 2.33. The molecule has 0 radical (unpaired) electrons. The second-order valence-corrected chi connectivity index (χ2v) is 8.07. The van der Waals surface area contributed by atoms with Crippen LogP contribution >= 0.6 is 11.3 Å². The first-order valence-electron chi connectivity index (χ1n) is 9.07. The second-order valence-electron chi connectivity index (χ2n) is 7.07. The van der Waals surface area contributed by atoms with Gasteiger partial charge in [0, 0.05) is 36.2 Å². The Morgan fingerprint density at radius 1 is 1.28 bits per heavy atom. The van der Waals surface area contributed by atoms with Crippen molar-refractivity contribution in [2.45, 2.75) is 32.4 Å². The molecule has 1 atom stereocenters. The number of amides is 1. The number of aryl methyl sites for hydroxylation is 1. The summed E-state index contributed by atoms with van der Waals surface area (Å²) in [6.45, 7) is 6.32. The van der Waals surface area contributed by atoms with Gasteiger partial charge in [0.2, 0.25) is 5.91 Å².